The highest BCUT2D eigenvalue weighted by Gasteiger charge is 2.14. The molecule has 0 aliphatic heterocycles. The van der Waals surface area contributed by atoms with Crippen LogP contribution in [0.25, 0.3) is 0 Å². The lowest BCUT2D eigenvalue weighted by atomic mass is 10.1. The molecule has 0 bridgehead atoms. The lowest BCUT2D eigenvalue weighted by Crippen LogP contribution is -2.42. The Kier molecular flexibility index (Phi) is 6.36. The maximum Gasteiger partial charge on any atom is 0.315 e. The summed E-state index contributed by atoms with van der Waals surface area (Å²) in [5, 5.41) is 13.5. The molecule has 2 amide bonds. The second-order valence-electron chi connectivity index (χ2n) is 6.26. The number of nitrogens with zero attached hydrogens (tertiary/aromatic N) is 3. The smallest absolute Gasteiger partial charge is 0.315 e. The number of carbonyl (C=O) groups excluding carboxylic acids is 1. The monoisotopic (exact) mass is 349 g/mol. The van der Waals surface area contributed by atoms with E-state index >= 15 is 0 Å². The fraction of sp³-hybridized carbons (Fsp3) is 0.588. The van der Waals surface area contributed by atoms with Crippen LogP contribution in [0.2, 0.25) is 0 Å². The molecule has 0 fully saturated rings. The average Bonchev–Trinajstić information content (AvgIpc) is 3.02. The summed E-state index contributed by atoms with van der Waals surface area (Å²) in [6, 6.07) is -0.0507. The van der Waals surface area contributed by atoms with E-state index in [1.807, 2.05) is 32.5 Å². The molecule has 0 aliphatic rings. The molecule has 2 N–H and O–H groups in total. The quantitative estimate of drug-likeness (QED) is 0.755. The van der Waals surface area contributed by atoms with Gasteiger partial charge in [-0.25, -0.2) is 9.78 Å². The van der Waals surface area contributed by atoms with Crippen LogP contribution < -0.4 is 10.6 Å². The fourth-order valence-corrected chi connectivity index (χ4v) is 3.52. The molecule has 24 heavy (non-hydrogen) atoms. The topological polar surface area (TPSA) is 71.8 Å². The molecule has 0 saturated heterocycles. The molecule has 2 aromatic heterocycles. The number of aromatic nitrogens is 3. The lowest BCUT2D eigenvalue weighted by Gasteiger charge is -2.15. The van der Waals surface area contributed by atoms with Gasteiger partial charge in [-0.05, 0) is 46.1 Å². The Morgan fingerprint density at radius 2 is 2.12 bits per heavy atom. The van der Waals surface area contributed by atoms with Crippen molar-refractivity contribution in [3.8, 4) is 0 Å². The first-order chi connectivity index (χ1) is 11.4. The van der Waals surface area contributed by atoms with Crippen LogP contribution in [0.4, 0.5) is 4.79 Å². The Morgan fingerprint density at radius 1 is 1.38 bits per heavy atom. The van der Waals surface area contributed by atoms with E-state index in [1.54, 1.807) is 11.3 Å². The summed E-state index contributed by atoms with van der Waals surface area (Å²) in [6.07, 6.45) is 2.59. The van der Waals surface area contributed by atoms with Crippen LogP contribution in [-0.2, 0) is 19.9 Å². The summed E-state index contributed by atoms with van der Waals surface area (Å²) in [7, 11) is 1.95. The molecule has 7 heteroatoms. The van der Waals surface area contributed by atoms with Gasteiger partial charge in [0.15, 0.2) is 0 Å². The van der Waals surface area contributed by atoms with Crippen molar-refractivity contribution in [3.05, 3.63) is 33.0 Å². The van der Waals surface area contributed by atoms with Crippen molar-refractivity contribution < 1.29 is 4.79 Å². The van der Waals surface area contributed by atoms with Crippen LogP contribution in [0.1, 0.15) is 41.0 Å². The van der Waals surface area contributed by atoms with E-state index in [-0.39, 0.29) is 12.1 Å². The third-order valence-corrected chi connectivity index (χ3v) is 5.09. The van der Waals surface area contributed by atoms with Crippen molar-refractivity contribution >= 4 is 17.4 Å². The predicted molar refractivity (Wildman–Crippen MR) is 97.6 cm³/mol. The van der Waals surface area contributed by atoms with E-state index in [0.717, 1.165) is 41.4 Å². The molecular weight excluding hydrogens is 322 g/mol. The molecule has 0 spiro atoms. The van der Waals surface area contributed by atoms with E-state index in [2.05, 4.69) is 33.0 Å². The highest BCUT2D eigenvalue weighted by molar-refractivity contribution is 7.09. The molecule has 0 aromatic carbocycles. The van der Waals surface area contributed by atoms with E-state index < -0.39 is 0 Å². The van der Waals surface area contributed by atoms with Crippen LogP contribution >= 0.6 is 11.3 Å². The number of amides is 2. The summed E-state index contributed by atoms with van der Waals surface area (Å²) >= 11 is 1.68. The van der Waals surface area contributed by atoms with Crippen LogP contribution in [-0.4, -0.2) is 33.4 Å². The first-order valence-electron chi connectivity index (χ1n) is 8.31. The molecule has 1 atom stereocenters. The number of hydrogen-bond donors (Lipinski definition) is 2. The van der Waals surface area contributed by atoms with Gasteiger partial charge in [-0.3, -0.25) is 4.68 Å². The van der Waals surface area contributed by atoms with Gasteiger partial charge in [0, 0.05) is 42.8 Å². The minimum atomic E-state index is -0.114. The van der Waals surface area contributed by atoms with Gasteiger partial charge in [-0.2, -0.15) is 5.10 Å². The van der Waals surface area contributed by atoms with Crippen LogP contribution in [0.5, 0.6) is 0 Å². The number of urea groups is 1. The van der Waals surface area contributed by atoms with E-state index in [9.17, 15) is 4.79 Å². The molecule has 1 unspecified atom stereocenters. The Bertz CT molecular complexity index is 691. The van der Waals surface area contributed by atoms with Crippen LogP contribution in [0.15, 0.2) is 5.38 Å². The summed E-state index contributed by atoms with van der Waals surface area (Å²) in [4.78, 5) is 16.4. The van der Waals surface area contributed by atoms with E-state index in [4.69, 9.17) is 0 Å². The zero-order valence-electron chi connectivity index (χ0n) is 15.1. The van der Waals surface area contributed by atoms with Crippen molar-refractivity contribution in [3.63, 3.8) is 0 Å². The largest absolute Gasteiger partial charge is 0.338 e. The molecule has 0 radical (unpaired) electrons. The SMILES string of the molecule is Cc1csc(CCCNC(=O)NC(C)Cc2c(C)nn(C)c2C)n1. The third kappa shape index (κ3) is 5.06. The maximum absolute atomic E-state index is 12.0. The molecule has 132 valence electrons. The number of carbonyl (C=O) groups is 1. The molecule has 2 aromatic rings. The van der Waals surface area contributed by atoms with Gasteiger partial charge >= 0.3 is 6.03 Å². The van der Waals surface area contributed by atoms with Gasteiger partial charge in [-0.1, -0.05) is 0 Å². The zero-order valence-corrected chi connectivity index (χ0v) is 16.0. The molecule has 6 nitrogen and oxygen atoms in total. The molecule has 0 saturated carbocycles. The second-order valence-corrected chi connectivity index (χ2v) is 7.21. The number of thiazole rings is 1. The highest BCUT2D eigenvalue weighted by Crippen LogP contribution is 2.14. The fourth-order valence-electron chi connectivity index (χ4n) is 2.70. The van der Waals surface area contributed by atoms with Gasteiger partial charge in [0.2, 0.25) is 0 Å². The van der Waals surface area contributed by atoms with E-state index in [1.165, 1.54) is 5.56 Å². The molecule has 0 aliphatic carbocycles. The Balaban J connectivity index is 1.69. The number of rotatable bonds is 7. The second kappa shape index (κ2) is 8.28. The minimum Gasteiger partial charge on any atom is -0.338 e. The maximum atomic E-state index is 12.0. The number of hydrogen-bond acceptors (Lipinski definition) is 4. The minimum absolute atomic E-state index is 0.0632. The third-order valence-electron chi connectivity index (χ3n) is 4.07. The van der Waals surface area contributed by atoms with Crippen molar-refractivity contribution in [1.82, 2.24) is 25.4 Å². The van der Waals surface area contributed by atoms with Crippen molar-refractivity contribution in [1.29, 1.82) is 0 Å². The summed E-state index contributed by atoms with van der Waals surface area (Å²) < 4.78 is 1.89. The number of aryl methyl sites for hydroxylation is 4. The molecule has 2 heterocycles. The molecular formula is C17H27N5OS. The average molecular weight is 350 g/mol. The van der Waals surface area contributed by atoms with Gasteiger partial charge < -0.3 is 10.6 Å². The normalized spacial score (nSPS) is 12.2. The first-order valence-corrected chi connectivity index (χ1v) is 9.19. The van der Waals surface area contributed by atoms with Crippen LogP contribution in [0.3, 0.4) is 0 Å². The lowest BCUT2D eigenvalue weighted by molar-refractivity contribution is 0.237. The summed E-state index contributed by atoms with van der Waals surface area (Å²) in [6.45, 7) is 8.74. The van der Waals surface area contributed by atoms with Crippen LogP contribution in [0, 0.1) is 20.8 Å². The highest BCUT2D eigenvalue weighted by atomic mass is 32.1. The predicted octanol–water partition coefficient (Wildman–Crippen LogP) is 2.66. The standard InChI is InChI=1S/C17H27N5OS/c1-11(9-15-13(3)21-22(5)14(15)4)20-17(23)18-8-6-7-16-19-12(2)10-24-16/h10-11H,6-9H2,1-5H3,(H2,18,20,23). The van der Waals surface area contributed by atoms with E-state index in [0.29, 0.717) is 6.54 Å². The number of nitrogens with one attached hydrogen (secondary N) is 2. The summed E-state index contributed by atoms with van der Waals surface area (Å²) in [5.74, 6) is 0. The Labute approximate surface area is 147 Å². The van der Waals surface area contributed by atoms with Crippen molar-refractivity contribution in [2.75, 3.05) is 6.54 Å². The zero-order chi connectivity index (χ0) is 17.7. The van der Waals surface area contributed by atoms with Gasteiger partial charge in [0.1, 0.15) is 0 Å². The summed E-state index contributed by atoms with van der Waals surface area (Å²) in [5.41, 5.74) is 4.46. The van der Waals surface area contributed by atoms with Gasteiger partial charge in [-0.15, -0.1) is 11.3 Å². The van der Waals surface area contributed by atoms with Crippen molar-refractivity contribution in [2.45, 2.75) is 53.0 Å². The first kappa shape index (κ1) is 18.4. The van der Waals surface area contributed by atoms with Crippen molar-refractivity contribution in [2.24, 2.45) is 7.05 Å². The molecule has 2 rings (SSSR count). The Hall–Kier alpha value is -1.89. The van der Waals surface area contributed by atoms with Gasteiger partial charge in [0.25, 0.3) is 0 Å². The Morgan fingerprint density at radius 3 is 2.71 bits per heavy atom. The van der Waals surface area contributed by atoms with Gasteiger partial charge in [0.05, 0.1) is 10.7 Å².